The van der Waals surface area contributed by atoms with Crippen LogP contribution < -0.4 is 5.73 Å². The molecule has 1 aliphatic carbocycles. The zero-order valence-corrected chi connectivity index (χ0v) is 9.72. The van der Waals surface area contributed by atoms with E-state index in [2.05, 4.69) is 5.10 Å². The van der Waals surface area contributed by atoms with Crippen molar-refractivity contribution in [1.82, 2.24) is 9.78 Å². The summed E-state index contributed by atoms with van der Waals surface area (Å²) in [5.41, 5.74) is 8.32. The summed E-state index contributed by atoms with van der Waals surface area (Å²) in [6, 6.07) is 7.55. The lowest BCUT2D eigenvalue weighted by Gasteiger charge is -2.21. The van der Waals surface area contributed by atoms with Crippen molar-refractivity contribution in [2.24, 2.45) is 7.05 Å². The molecule has 4 nitrogen and oxygen atoms in total. The predicted octanol–water partition coefficient (Wildman–Crippen LogP) is 1.18. The van der Waals surface area contributed by atoms with Gasteiger partial charge in [0.2, 0.25) is 0 Å². The smallest absolute Gasteiger partial charge is 0.134 e. The number of benzene rings is 1. The van der Waals surface area contributed by atoms with Crippen molar-refractivity contribution in [3.8, 4) is 0 Å². The van der Waals surface area contributed by atoms with Gasteiger partial charge in [-0.1, -0.05) is 6.07 Å². The van der Waals surface area contributed by atoms with Crippen molar-refractivity contribution in [2.45, 2.75) is 18.4 Å². The predicted molar refractivity (Wildman–Crippen MR) is 65.4 cm³/mol. The highest BCUT2D eigenvalue weighted by molar-refractivity contribution is 5.51. The van der Waals surface area contributed by atoms with E-state index in [1.54, 1.807) is 4.68 Å². The summed E-state index contributed by atoms with van der Waals surface area (Å²) in [5, 5.41) is 15.1. The summed E-state index contributed by atoms with van der Waals surface area (Å²) in [6.07, 6.45) is 3.36. The molecule has 88 valence electrons. The van der Waals surface area contributed by atoms with Crippen LogP contribution in [0.2, 0.25) is 0 Å². The third-order valence-electron chi connectivity index (χ3n) is 3.47. The van der Waals surface area contributed by atoms with Gasteiger partial charge < -0.3 is 10.8 Å². The molecule has 3 rings (SSSR count). The second kappa shape index (κ2) is 3.34. The molecule has 0 fully saturated rings. The Kier molecular flexibility index (Phi) is 2.03. The molecule has 0 bridgehead atoms. The summed E-state index contributed by atoms with van der Waals surface area (Å²) in [6.45, 7) is 0. The zero-order valence-electron chi connectivity index (χ0n) is 9.72. The van der Waals surface area contributed by atoms with Gasteiger partial charge in [-0.15, -0.1) is 0 Å². The second-order valence-corrected chi connectivity index (χ2v) is 4.65. The van der Waals surface area contributed by atoms with Gasteiger partial charge in [-0.05, 0) is 42.2 Å². The Hall–Kier alpha value is -1.81. The Morgan fingerprint density at radius 2 is 2.24 bits per heavy atom. The van der Waals surface area contributed by atoms with E-state index in [0.717, 1.165) is 23.2 Å². The summed E-state index contributed by atoms with van der Waals surface area (Å²) >= 11 is 0. The van der Waals surface area contributed by atoms with E-state index in [1.165, 1.54) is 0 Å². The number of nitrogens with two attached hydrogens (primary N) is 1. The average Bonchev–Trinajstić information content (AvgIpc) is 2.85. The Morgan fingerprint density at radius 3 is 2.94 bits per heavy atom. The minimum absolute atomic E-state index is 0.669. The van der Waals surface area contributed by atoms with Gasteiger partial charge in [0.25, 0.3) is 0 Å². The standard InChI is InChI=1S/C13H15N3O/c1-16-7-5-12(15-16)13(17)6-4-9-8-10(14)2-3-11(9)13/h2-3,5,7-8,17H,4,6,14H2,1H3. The van der Waals surface area contributed by atoms with E-state index in [9.17, 15) is 5.11 Å². The van der Waals surface area contributed by atoms with Crippen LogP contribution in [0.5, 0.6) is 0 Å². The van der Waals surface area contributed by atoms with Crippen molar-refractivity contribution in [3.05, 3.63) is 47.3 Å². The maximum Gasteiger partial charge on any atom is 0.134 e. The lowest BCUT2D eigenvalue weighted by molar-refractivity contribution is 0.0776. The van der Waals surface area contributed by atoms with E-state index in [-0.39, 0.29) is 0 Å². The minimum Gasteiger partial charge on any atom is -0.399 e. The van der Waals surface area contributed by atoms with E-state index in [0.29, 0.717) is 12.1 Å². The summed E-state index contributed by atoms with van der Waals surface area (Å²) in [4.78, 5) is 0. The van der Waals surface area contributed by atoms with Gasteiger partial charge in [0.15, 0.2) is 0 Å². The maximum atomic E-state index is 10.8. The molecule has 0 amide bonds. The molecule has 0 radical (unpaired) electrons. The molecule has 3 N–H and O–H groups in total. The second-order valence-electron chi connectivity index (χ2n) is 4.65. The number of aryl methyl sites for hydroxylation is 2. The highest BCUT2D eigenvalue weighted by Gasteiger charge is 2.40. The van der Waals surface area contributed by atoms with Gasteiger partial charge in [0.05, 0.1) is 5.69 Å². The first-order valence-corrected chi connectivity index (χ1v) is 5.71. The summed E-state index contributed by atoms with van der Waals surface area (Å²) < 4.78 is 1.71. The number of hydrogen-bond acceptors (Lipinski definition) is 3. The van der Waals surface area contributed by atoms with Crippen molar-refractivity contribution < 1.29 is 5.11 Å². The quantitative estimate of drug-likeness (QED) is 0.722. The fourth-order valence-electron chi connectivity index (χ4n) is 2.58. The minimum atomic E-state index is -0.954. The lowest BCUT2D eigenvalue weighted by atomic mass is 9.92. The molecule has 1 aliphatic rings. The van der Waals surface area contributed by atoms with Crippen LogP contribution >= 0.6 is 0 Å². The van der Waals surface area contributed by atoms with E-state index in [1.807, 2.05) is 37.5 Å². The molecule has 1 unspecified atom stereocenters. The summed E-state index contributed by atoms with van der Waals surface area (Å²) in [5.74, 6) is 0. The number of nitrogens with zero attached hydrogens (tertiary/aromatic N) is 2. The van der Waals surface area contributed by atoms with Crippen LogP contribution in [0.3, 0.4) is 0 Å². The molecule has 4 heteroatoms. The first-order chi connectivity index (χ1) is 8.09. The molecule has 0 aliphatic heterocycles. The molecule has 0 spiro atoms. The van der Waals surface area contributed by atoms with E-state index >= 15 is 0 Å². The third kappa shape index (κ3) is 1.45. The van der Waals surface area contributed by atoms with Crippen molar-refractivity contribution >= 4 is 5.69 Å². The number of hydrogen-bond donors (Lipinski definition) is 2. The van der Waals surface area contributed by atoms with Gasteiger partial charge in [0, 0.05) is 18.9 Å². The van der Waals surface area contributed by atoms with Crippen LogP contribution in [0.4, 0.5) is 5.69 Å². The van der Waals surface area contributed by atoms with Gasteiger partial charge in [-0.3, -0.25) is 4.68 Å². The molecule has 0 saturated heterocycles. The number of aromatic nitrogens is 2. The average molecular weight is 229 g/mol. The normalized spacial score (nSPS) is 22.7. The Bertz CT molecular complexity index is 576. The number of fused-ring (bicyclic) bond motifs is 1. The molecule has 1 atom stereocenters. The van der Waals surface area contributed by atoms with Crippen LogP contribution in [0, 0.1) is 0 Å². The number of anilines is 1. The molecule has 0 saturated carbocycles. The molecular weight excluding hydrogens is 214 g/mol. The number of rotatable bonds is 1. The highest BCUT2D eigenvalue weighted by Crippen LogP contribution is 2.41. The van der Waals surface area contributed by atoms with Crippen LogP contribution in [0.25, 0.3) is 0 Å². The molecule has 17 heavy (non-hydrogen) atoms. The van der Waals surface area contributed by atoms with Crippen molar-refractivity contribution in [2.75, 3.05) is 5.73 Å². The van der Waals surface area contributed by atoms with Crippen LogP contribution in [-0.4, -0.2) is 14.9 Å². The zero-order chi connectivity index (χ0) is 12.0. The fourth-order valence-corrected chi connectivity index (χ4v) is 2.58. The van der Waals surface area contributed by atoms with E-state index < -0.39 is 5.60 Å². The van der Waals surface area contributed by atoms with Gasteiger partial charge in [0.1, 0.15) is 5.60 Å². The molecule has 1 aromatic heterocycles. The largest absolute Gasteiger partial charge is 0.399 e. The highest BCUT2D eigenvalue weighted by atomic mass is 16.3. The van der Waals surface area contributed by atoms with E-state index in [4.69, 9.17) is 5.73 Å². The SMILES string of the molecule is Cn1ccc(C2(O)CCc3cc(N)ccc32)n1. The molecular formula is C13H15N3O. The Morgan fingerprint density at radius 1 is 1.41 bits per heavy atom. The van der Waals surface area contributed by atoms with Crippen LogP contribution in [0.15, 0.2) is 30.5 Å². The summed E-state index contributed by atoms with van der Waals surface area (Å²) in [7, 11) is 1.85. The maximum absolute atomic E-state index is 10.8. The Labute approximate surface area is 99.7 Å². The van der Waals surface area contributed by atoms with Gasteiger partial charge >= 0.3 is 0 Å². The van der Waals surface area contributed by atoms with Gasteiger partial charge in [-0.2, -0.15) is 5.10 Å². The first-order valence-electron chi connectivity index (χ1n) is 5.71. The monoisotopic (exact) mass is 229 g/mol. The topological polar surface area (TPSA) is 64.1 Å². The molecule has 1 aromatic carbocycles. The molecule has 1 heterocycles. The third-order valence-corrected chi connectivity index (χ3v) is 3.47. The number of nitrogen functional groups attached to an aromatic ring is 1. The number of aliphatic hydroxyl groups is 1. The lowest BCUT2D eigenvalue weighted by Crippen LogP contribution is -2.24. The van der Waals surface area contributed by atoms with Crippen molar-refractivity contribution in [1.29, 1.82) is 0 Å². The van der Waals surface area contributed by atoms with Crippen LogP contribution in [-0.2, 0) is 19.1 Å². The van der Waals surface area contributed by atoms with Crippen LogP contribution in [0.1, 0.15) is 23.2 Å². The van der Waals surface area contributed by atoms with Crippen molar-refractivity contribution in [3.63, 3.8) is 0 Å². The fraction of sp³-hybridized carbons (Fsp3) is 0.308. The Balaban J connectivity index is 2.13. The first kappa shape index (κ1) is 10.4. The molecule has 2 aromatic rings. The van der Waals surface area contributed by atoms with Gasteiger partial charge in [-0.25, -0.2) is 0 Å².